The molecule has 1 aliphatic heterocycles. The molecule has 1 aliphatic rings. The van der Waals surface area contributed by atoms with Gasteiger partial charge in [0.2, 0.25) is 5.88 Å². The van der Waals surface area contributed by atoms with Crippen molar-refractivity contribution < 1.29 is 14.3 Å². The van der Waals surface area contributed by atoms with Gasteiger partial charge in [-0.1, -0.05) is 42.5 Å². The first-order chi connectivity index (χ1) is 15.7. The van der Waals surface area contributed by atoms with Gasteiger partial charge in [0.15, 0.2) is 0 Å². The number of benzene rings is 2. The summed E-state index contributed by atoms with van der Waals surface area (Å²) in [5.74, 6) is -0.296. The predicted octanol–water partition coefficient (Wildman–Crippen LogP) is 3.06. The summed E-state index contributed by atoms with van der Waals surface area (Å²) in [4.78, 5) is 34.9. The first-order valence-corrected chi connectivity index (χ1v) is 10.2. The first-order valence-electron chi connectivity index (χ1n) is 10.2. The highest BCUT2D eigenvalue weighted by molar-refractivity contribution is 6.21. The van der Waals surface area contributed by atoms with Crippen LogP contribution in [0.1, 0.15) is 26.3 Å². The van der Waals surface area contributed by atoms with Crippen molar-refractivity contribution in [2.45, 2.75) is 6.54 Å². The molecule has 2 aromatic heterocycles. The standard InChI is InChI=1S/C24H19N5O3/c30-23-19-8-4-5-9-20(19)24(31)29(23)12-13-32-22-21(25-10-11-26-22)18-14-27-28(16-18)15-17-6-2-1-3-7-17/h1-11,14,16H,12-13,15H2. The average molecular weight is 425 g/mol. The molecule has 0 unspecified atom stereocenters. The van der Waals surface area contributed by atoms with Crippen molar-refractivity contribution in [1.29, 1.82) is 0 Å². The maximum Gasteiger partial charge on any atom is 0.261 e. The van der Waals surface area contributed by atoms with E-state index < -0.39 is 0 Å². The number of hydrogen-bond acceptors (Lipinski definition) is 6. The Morgan fingerprint density at radius 2 is 1.53 bits per heavy atom. The van der Waals surface area contributed by atoms with E-state index in [2.05, 4.69) is 15.1 Å². The van der Waals surface area contributed by atoms with E-state index in [0.717, 1.165) is 11.1 Å². The molecule has 8 heteroatoms. The lowest BCUT2D eigenvalue weighted by Gasteiger charge is -2.14. The van der Waals surface area contributed by atoms with Crippen molar-refractivity contribution in [2.75, 3.05) is 13.2 Å². The number of imide groups is 1. The van der Waals surface area contributed by atoms with E-state index in [-0.39, 0.29) is 25.0 Å². The fraction of sp³-hybridized carbons (Fsp3) is 0.125. The van der Waals surface area contributed by atoms with Crippen molar-refractivity contribution in [1.82, 2.24) is 24.6 Å². The van der Waals surface area contributed by atoms with Gasteiger partial charge in [0.25, 0.3) is 11.8 Å². The molecule has 0 spiro atoms. The third-order valence-electron chi connectivity index (χ3n) is 5.19. The molecule has 0 saturated carbocycles. The third-order valence-corrected chi connectivity index (χ3v) is 5.19. The van der Waals surface area contributed by atoms with E-state index in [0.29, 0.717) is 29.2 Å². The molecule has 0 bridgehead atoms. The number of rotatable bonds is 7. The van der Waals surface area contributed by atoms with Crippen molar-refractivity contribution in [2.24, 2.45) is 0 Å². The minimum Gasteiger partial charge on any atom is -0.474 e. The molecule has 5 rings (SSSR count). The average Bonchev–Trinajstić information content (AvgIpc) is 3.39. The van der Waals surface area contributed by atoms with E-state index in [1.165, 1.54) is 11.1 Å². The molecular formula is C24H19N5O3. The van der Waals surface area contributed by atoms with E-state index in [1.54, 1.807) is 36.7 Å². The zero-order valence-electron chi connectivity index (χ0n) is 17.1. The van der Waals surface area contributed by atoms with Crippen LogP contribution >= 0.6 is 0 Å². The maximum atomic E-state index is 12.5. The van der Waals surface area contributed by atoms with Crippen LogP contribution in [0.25, 0.3) is 11.3 Å². The molecule has 0 atom stereocenters. The van der Waals surface area contributed by atoms with Gasteiger partial charge >= 0.3 is 0 Å². The largest absolute Gasteiger partial charge is 0.474 e. The minimum absolute atomic E-state index is 0.106. The van der Waals surface area contributed by atoms with Gasteiger partial charge in [0, 0.05) is 24.2 Å². The maximum absolute atomic E-state index is 12.5. The molecule has 158 valence electrons. The van der Waals surface area contributed by atoms with E-state index in [1.807, 2.05) is 41.2 Å². The molecule has 0 N–H and O–H groups in total. The number of ether oxygens (including phenoxy) is 1. The fourth-order valence-electron chi connectivity index (χ4n) is 3.65. The second-order valence-corrected chi connectivity index (χ2v) is 7.28. The van der Waals surface area contributed by atoms with Gasteiger partial charge in [-0.15, -0.1) is 0 Å². The Hall–Kier alpha value is -4.33. The molecule has 3 heterocycles. The zero-order chi connectivity index (χ0) is 21.9. The lowest BCUT2D eigenvalue weighted by molar-refractivity contribution is 0.0630. The van der Waals surface area contributed by atoms with Crippen LogP contribution in [0.3, 0.4) is 0 Å². The van der Waals surface area contributed by atoms with Gasteiger partial charge < -0.3 is 4.74 Å². The normalized spacial score (nSPS) is 12.8. The van der Waals surface area contributed by atoms with E-state index >= 15 is 0 Å². The van der Waals surface area contributed by atoms with Crippen molar-refractivity contribution in [3.05, 3.63) is 96.1 Å². The monoisotopic (exact) mass is 425 g/mol. The van der Waals surface area contributed by atoms with Crippen LogP contribution in [0.2, 0.25) is 0 Å². The van der Waals surface area contributed by atoms with Crippen molar-refractivity contribution >= 4 is 11.8 Å². The minimum atomic E-state index is -0.309. The van der Waals surface area contributed by atoms with Crippen LogP contribution in [-0.2, 0) is 6.54 Å². The molecule has 2 amide bonds. The Morgan fingerprint density at radius 3 is 2.28 bits per heavy atom. The van der Waals surface area contributed by atoms with Gasteiger partial charge in [-0.3, -0.25) is 19.2 Å². The summed E-state index contributed by atoms with van der Waals surface area (Å²) in [5.41, 5.74) is 3.30. The number of fused-ring (bicyclic) bond motifs is 1. The first kappa shape index (κ1) is 19.6. The summed E-state index contributed by atoms with van der Waals surface area (Å²) < 4.78 is 7.64. The molecule has 0 saturated heterocycles. The predicted molar refractivity (Wildman–Crippen MR) is 116 cm³/mol. The number of aromatic nitrogens is 4. The van der Waals surface area contributed by atoms with Crippen LogP contribution < -0.4 is 4.74 Å². The highest BCUT2D eigenvalue weighted by atomic mass is 16.5. The smallest absolute Gasteiger partial charge is 0.261 e. The van der Waals surface area contributed by atoms with E-state index in [9.17, 15) is 9.59 Å². The molecular weight excluding hydrogens is 406 g/mol. The van der Waals surface area contributed by atoms with Crippen molar-refractivity contribution in [3.63, 3.8) is 0 Å². The highest BCUT2D eigenvalue weighted by Gasteiger charge is 2.34. The summed E-state index contributed by atoms with van der Waals surface area (Å²) in [6, 6.07) is 16.8. The fourth-order valence-corrected chi connectivity index (χ4v) is 3.65. The lowest BCUT2D eigenvalue weighted by Crippen LogP contribution is -2.33. The number of carbonyl (C=O) groups is 2. The Kier molecular flexibility index (Phi) is 5.17. The molecule has 2 aromatic carbocycles. The molecule has 4 aromatic rings. The van der Waals surface area contributed by atoms with Crippen LogP contribution in [0.5, 0.6) is 5.88 Å². The summed E-state index contributed by atoms with van der Waals surface area (Å²) in [5, 5.41) is 4.41. The van der Waals surface area contributed by atoms with Gasteiger partial charge in [-0.05, 0) is 17.7 Å². The number of carbonyl (C=O) groups excluding carboxylic acids is 2. The highest BCUT2D eigenvalue weighted by Crippen LogP contribution is 2.26. The summed E-state index contributed by atoms with van der Waals surface area (Å²) in [6.45, 7) is 0.863. The third kappa shape index (κ3) is 3.74. The quantitative estimate of drug-likeness (QED) is 0.423. The molecule has 0 fully saturated rings. The Balaban J connectivity index is 1.27. The van der Waals surface area contributed by atoms with Crippen LogP contribution in [0.15, 0.2) is 79.4 Å². The zero-order valence-corrected chi connectivity index (χ0v) is 17.1. The Morgan fingerprint density at radius 1 is 0.844 bits per heavy atom. The Bertz CT molecular complexity index is 1250. The van der Waals surface area contributed by atoms with Crippen LogP contribution in [-0.4, -0.2) is 49.6 Å². The van der Waals surface area contributed by atoms with Crippen molar-refractivity contribution in [3.8, 4) is 17.1 Å². The lowest BCUT2D eigenvalue weighted by atomic mass is 10.1. The van der Waals surface area contributed by atoms with Gasteiger partial charge in [0.1, 0.15) is 12.3 Å². The molecule has 8 nitrogen and oxygen atoms in total. The number of amides is 2. The second-order valence-electron chi connectivity index (χ2n) is 7.28. The van der Waals surface area contributed by atoms with E-state index in [4.69, 9.17) is 4.74 Å². The number of hydrogen-bond donors (Lipinski definition) is 0. The molecule has 32 heavy (non-hydrogen) atoms. The van der Waals surface area contributed by atoms with Gasteiger partial charge in [-0.2, -0.15) is 5.10 Å². The molecule has 0 radical (unpaired) electrons. The van der Waals surface area contributed by atoms with Gasteiger partial charge in [0.05, 0.1) is 30.4 Å². The molecule has 0 aliphatic carbocycles. The summed E-state index contributed by atoms with van der Waals surface area (Å²) in [7, 11) is 0. The topological polar surface area (TPSA) is 90.2 Å². The summed E-state index contributed by atoms with van der Waals surface area (Å²) in [6.07, 6.45) is 6.72. The summed E-state index contributed by atoms with van der Waals surface area (Å²) >= 11 is 0. The van der Waals surface area contributed by atoms with Crippen LogP contribution in [0, 0.1) is 0 Å². The van der Waals surface area contributed by atoms with Crippen LogP contribution in [0.4, 0.5) is 0 Å². The second kappa shape index (κ2) is 8.43. The van der Waals surface area contributed by atoms with Gasteiger partial charge in [-0.25, -0.2) is 9.97 Å². The SMILES string of the molecule is O=C1c2ccccc2C(=O)N1CCOc1nccnc1-c1cnn(Cc2ccccc2)c1. The Labute approximate surface area is 184 Å². The number of nitrogens with zero attached hydrogens (tertiary/aromatic N) is 5.